The number of benzene rings is 1. The highest BCUT2D eigenvalue weighted by Gasteiger charge is 2.42. The van der Waals surface area contributed by atoms with Crippen LogP contribution in [0.5, 0.6) is 0 Å². The molecule has 0 unspecified atom stereocenters. The number of halogens is 4. The molecule has 1 aromatic heterocycles. The summed E-state index contributed by atoms with van der Waals surface area (Å²) in [6.45, 7) is 5.43. The van der Waals surface area contributed by atoms with E-state index in [1.807, 2.05) is 13.8 Å². The second kappa shape index (κ2) is 8.41. The third-order valence-corrected chi connectivity index (χ3v) is 6.50. The molecule has 6 nitrogen and oxygen atoms in total. The molecule has 4 rings (SSSR count). The Kier molecular flexibility index (Phi) is 6.00. The summed E-state index contributed by atoms with van der Waals surface area (Å²) in [6, 6.07) is 2.27. The van der Waals surface area contributed by atoms with Crippen LogP contribution in [0.25, 0.3) is 11.3 Å². The van der Waals surface area contributed by atoms with Crippen LogP contribution in [0.2, 0.25) is 0 Å². The number of aromatic nitrogens is 2. The van der Waals surface area contributed by atoms with Gasteiger partial charge in [0.25, 0.3) is 5.91 Å². The van der Waals surface area contributed by atoms with Crippen LogP contribution in [-0.4, -0.2) is 32.9 Å². The van der Waals surface area contributed by atoms with Gasteiger partial charge in [0.05, 0.1) is 28.7 Å². The second-order valence-electron chi connectivity index (χ2n) is 9.94. The average Bonchev–Trinajstić information content (AvgIpc) is 3.08. The number of hydrogen-bond acceptors (Lipinski definition) is 4. The molecular weight excluding hydrogens is 452 g/mol. The molecule has 0 radical (unpaired) electrons. The van der Waals surface area contributed by atoms with Gasteiger partial charge in [-0.2, -0.15) is 18.3 Å². The van der Waals surface area contributed by atoms with Crippen molar-refractivity contribution < 1.29 is 27.5 Å². The SMILES string of the molecule is CC1=CC(C)(C)Cc2c1c(C(F)(F)F)nn2-c1cc(F)c(C(N)=O)c(NC2CCC(O)CC2)c1. The fourth-order valence-electron chi connectivity index (χ4n) is 5.10. The molecule has 2 aliphatic carbocycles. The van der Waals surface area contributed by atoms with Crippen molar-refractivity contribution in [2.45, 2.75) is 71.2 Å². The maximum atomic E-state index is 15.1. The first kappa shape index (κ1) is 24.3. The summed E-state index contributed by atoms with van der Waals surface area (Å²) < 4.78 is 57.8. The Morgan fingerprint density at radius 1 is 1.24 bits per heavy atom. The topological polar surface area (TPSA) is 93.2 Å². The van der Waals surface area contributed by atoms with Gasteiger partial charge in [-0.15, -0.1) is 0 Å². The van der Waals surface area contributed by atoms with Crippen LogP contribution in [-0.2, 0) is 12.6 Å². The van der Waals surface area contributed by atoms with E-state index in [1.165, 1.54) is 6.07 Å². The number of rotatable bonds is 4. The van der Waals surface area contributed by atoms with Gasteiger partial charge < -0.3 is 16.2 Å². The number of primary amides is 1. The molecule has 2 aliphatic rings. The predicted molar refractivity (Wildman–Crippen MR) is 120 cm³/mol. The van der Waals surface area contributed by atoms with E-state index in [9.17, 15) is 23.1 Å². The highest BCUT2D eigenvalue weighted by molar-refractivity contribution is 5.99. The molecule has 4 N–H and O–H groups in total. The van der Waals surface area contributed by atoms with Gasteiger partial charge in [-0.3, -0.25) is 4.79 Å². The number of nitrogens with zero attached hydrogens (tertiary/aromatic N) is 2. The smallest absolute Gasteiger partial charge is 0.393 e. The largest absolute Gasteiger partial charge is 0.435 e. The van der Waals surface area contributed by atoms with Gasteiger partial charge >= 0.3 is 6.18 Å². The lowest BCUT2D eigenvalue weighted by Crippen LogP contribution is -2.29. The van der Waals surface area contributed by atoms with E-state index in [2.05, 4.69) is 10.4 Å². The molecule has 1 saturated carbocycles. The molecular formula is C24H28F4N4O2. The zero-order valence-electron chi connectivity index (χ0n) is 19.3. The molecule has 1 heterocycles. The highest BCUT2D eigenvalue weighted by Crippen LogP contribution is 2.44. The second-order valence-corrected chi connectivity index (χ2v) is 9.94. The molecule has 2 aromatic rings. The van der Waals surface area contributed by atoms with Gasteiger partial charge in [-0.1, -0.05) is 19.9 Å². The Morgan fingerprint density at radius 2 is 1.88 bits per heavy atom. The van der Waals surface area contributed by atoms with Crippen LogP contribution < -0.4 is 11.1 Å². The number of allylic oxidation sites excluding steroid dienone is 2. The summed E-state index contributed by atoms with van der Waals surface area (Å²) in [7, 11) is 0. The lowest BCUT2D eigenvalue weighted by atomic mass is 9.78. The van der Waals surface area contributed by atoms with Gasteiger partial charge in [0.1, 0.15) is 5.82 Å². The number of anilines is 1. The minimum Gasteiger partial charge on any atom is -0.393 e. The van der Waals surface area contributed by atoms with Crippen molar-refractivity contribution in [1.82, 2.24) is 9.78 Å². The third kappa shape index (κ3) is 4.55. The first-order chi connectivity index (χ1) is 15.8. The summed E-state index contributed by atoms with van der Waals surface area (Å²) in [5.74, 6) is -1.93. The fourth-order valence-corrected chi connectivity index (χ4v) is 5.10. The number of nitrogens with two attached hydrogens (primary N) is 1. The molecule has 1 amide bonds. The zero-order chi connectivity index (χ0) is 25.0. The van der Waals surface area contributed by atoms with Crippen LogP contribution in [0.3, 0.4) is 0 Å². The number of aliphatic hydroxyl groups excluding tert-OH is 1. The lowest BCUT2D eigenvalue weighted by Gasteiger charge is -2.29. The van der Waals surface area contributed by atoms with Crippen molar-refractivity contribution in [3.63, 3.8) is 0 Å². The Labute approximate surface area is 194 Å². The quantitative estimate of drug-likeness (QED) is 0.547. The molecule has 10 heteroatoms. The first-order valence-corrected chi connectivity index (χ1v) is 11.2. The van der Waals surface area contributed by atoms with Gasteiger partial charge in [-0.05, 0) is 56.1 Å². The molecule has 184 valence electrons. The minimum atomic E-state index is -4.69. The number of hydrogen-bond donors (Lipinski definition) is 3. The molecule has 0 spiro atoms. The molecule has 1 aromatic carbocycles. The van der Waals surface area contributed by atoms with E-state index in [4.69, 9.17) is 5.73 Å². The van der Waals surface area contributed by atoms with Crippen molar-refractivity contribution in [3.05, 3.63) is 46.5 Å². The van der Waals surface area contributed by atoms with E-state index >= 15 is 4.39 Å². The van der Waals surface area contributed by atoms with Crippen LogP contribution in [0.1, 0.15) is 73.8 Å². The first-order valence-electron chi connectivity index (χ1n) is 11.2. The Bertz CT molecular complexity index is 1160. The van der Waals surface area contributed by atoms with E-state index in [-0.39, 0.29) is 35.0 Å². The summed E-state index contributed by atoms with van der Waals surface area (Å²) in [5.41, 5.74) is 4.57. The number of alkyl halides is 3. The lowest BCUT2D eigenvalue weighted by molar-refractivity contribution is -0.141. The average molecular weight is 481 g/mol. The van der Waals surface area contributed by atoms with Crippen molar-refractivity contribution in [3.8, 4) is 5.69 Å². The minimum absolute atomic E-state index is 0.00184. The number of nitrogens with one attached hydrogen (secondary N) is 1. The zero-order valence-corrected chi connectivity index (χ0v) is 19.3. The number of carbonyl (C=O) groups excluding carboxylic acids is 1. The molecule has 0 aliphatic heterocycles. The number of amides is 1. The van der Waals surface area contributed by atoms with Crippen LogP contribution in [0.4, 0.5) is 23.2 Å². The molecule has 0 atom stereocenters. The fraction of sp³-hybridized carbons (Fsp3) is 0.500. The Balaban J connectivity index is 1.86. The van der Waals surface area contributed by atoms with Crippen molar-refractivity contribution >= 4 is 17.2 Å². The number of fused-ring (bicyclic) bond motifs is 1. The molecule has 1 fully saturated rings. The van der Waals surface area contributed by atoms with E-state index < -0.39 is 35.1 Å². The molecule has 0 bridgehead atoms. The number of carbonyl (C=O) groups is 1. The van der Waals surface area contributed by atoms with Crippen molar-refractivity contribution in [2.24, 2.45) is 11.1 Å². The normalized spacial score (nSPS) is 22.2. The molecule has 0 saturated heterocycles. The standard InChI is InChI=1S/C24H28F4N4O2/c1-12-10-23(2,3)11-18-19(12)21(24(26,27)28)31-32(18)14-8-16(25)20(22(29)34)17(9-14)30-13-4-6-15(33)7-5-13/h8-10,13,15,30,33H,4-7,11H2,1-3H3,(H2,29,34). The summed E-state index contributed by atoms with van der Waals surface area (Å²) in [4.78, 5) is 12.0. The van der Waals surface area contributed by atoms with Gasteiger partial charge in [0, 0.05) is 17.7 Å². The molecule has 34 heavy (non-hydrogen) atoms. The Morgan fingerprint density at radius 3 is 2.47 bits per heavy atom. The summed E-state index contributed by atoms with van der Waals surface area (Å²) in [6.07, 6.45) is -0.752. The predicted octanol–water partition coefficient (Wildman–Crippen LogP) is 4.83. The highest BCUT2D eigenvalue weighted by atomic mass is 19.4. The Hall–Kier alpha value is -2.88. The maximum absolute atomic E-state index is 15.1. The van der Waals surface area contributed by atoms with Crippen molar-refractivity contribution in [1.29, 1.82) is 0 Å². The van der Waals surface area contributed by atoms with Crippen LogP contribution in [0.15, 0.2) is 18.2 Å². The van der Waals surface area contributed by atoms with Crippen LogP contribution >= 0.6 is 0 Å². The third-order valence-electron chi connectivity index (χ3n) is 6.50. The maximum Gasteiger partial charge on any atom is 0.435 e. The van der Waals surface area contributed by atoms with Gasteiger partial charge in [0.15, 0.2) is 5.69 Å². The van der Waals surface area contributed by atoms with Crippen molar-refractivity contribution in [2.75, 3.05) is 5.32 Å². The van der Waals surface area contributed by atoms with E-state index in [0.29, 0.717) is 37.0 Å². The van der Waals surface area contributed by atoms with Crippen LogP contribution in [0, 0.1) is 11.2 Å². The number of aliphatic hydroxyl groups is 1. The van der Waals surface area contributed by atoms with Gasteiger partial charge in [0.2, 0.25) is 0 Å². The summed E-state index contributed by atoms with van der Waals surface area (Å²) >= 11 is 0. The summed E-state index contributed by atoms with van der Waals surface area (Å²) in [5, 5.41) is 16.7. The van der Waals surface area contributed by atoms with E-state index in [1.54, 1.807) is 13.0 Å². The monoisotopic (exact) mass is 480 g/mol. The van der Waals surface area contributed by atoms with Gasteiger partial charge in [-0.25, -0.2) is 9.07 Å². The van der Waals surface area contributed by atoms with E-state index in [0.717, 1.165) is 10.7 Å².